The van der Waals surface area contributed by atoms with Crippen molar-refractivity contribution in [1.82, 2.24) is 0 Å². The van der Waals surface area contributed by atoms with Crippen LogP contribution in [0.2, 0.25) is 0 Å². The van der Waals surface area contributed by atoms with Gasteiger partial charge in [0.25, 0.3) is 0 Å². The number of hydrogen-bond donors (Lipinski definition) is 1. The lowest BCUT2D eigenvalue weighted by atomic mass is 10.1. The van der Waals surface area contributed by atoms with Crippen molar-refractivity contribution >= 4 is 6.29 Å². The van der Waals surface area contributed by atoms with Crippen LogP contribution in [-0.2, 0) is 11.2 Å². The first-order chi connectivity index (χ1) is 5.33. The third-order valence-electron chi connectivity index (χ3n) is 1.46. The Morgan fingerprint density at radius 3 is 2.91 bits per heavy atom. The molecular formula is C9H10O2. The molecule has 0 bridgehead atoms. The van der Waals surface area contributed by atoms with Crippen LogP contribution in [0.3, 0.4) is 0 Å². The zero-order valence-corrected chi connectivity index (χ0v) is 6.16. The molecule has 0 aliphatic heterocycles. The number of carbonyl (C=O) groups excluding carboxylic acids is 1. The maximum absolute atomic E-state index is 10.0. The molecule has 1 N–H and O–H groups in total. The molecule has 0 aromatic heterocycles. The van der Waals surface area contributed by atoms with Gasteiger partial charge in [0.05, 0.1) is 0 Å². The van der Waals surface area contributed by atoms with Gasteiger partial charge in [-0.15, -0.1) is 0 Å². The van der Waals surface area contributed by atoms with E-state index in [4.69, 9.17) is 5.11 Å². The number of rotatable bonds is 3. The highest BCUT2D eigenvalue weighted by molar-refractivity contribution is 5.50. The lowest BCUT2D eigenvalue weighted by Gasteiger charge is -1.96. The lowest BCUT2D eigenvalue weighted by Crippen LogP contribution is -1.84. The molecule has 0 fully saturated rings. The number of aromatic hydroxyl groups is 1. The molecule has 0 aliphatic carbocycles. The highest BCUT2D eigenvalue weighted by atomic mass is 16.3. The summed E-state index contributed by atoms with van der Waals surface area (Å²) < 4.78 is 0. The van der Waals surface area contributed by atoms with Gasteiger partial charge in [-0.3, -0.25) is 0 Å². The van der Waals surface area contributed by atoms with Gasteiger partial charge in [-0.1, -0.05) is 12.1 Å². The zero-order valence-electron chi connectivity index (χ0n) is 6.16. The van der Waals surface area contributed by atoms with Crippen LogP contribution in [0.1, 0.15) is 12.0 Å². The molecule has 58 valence electrons. The summed E-state index contributed by atoms with van der Waals surface area (Å²) in [7, 11) is 0. The molecule has 0 saturated carbocycles. The number of benzene rings is 1. The second-order valence-electron chi connectivity index (χ2n) is 2.38. The molecule has 1 aromatic rings. The van der Waals surface area contributed by atoms with Crippen molar-refractivity contribution in [2.24, 2.45) is 0 Å². The summed E-state index contributed by atoms with van der Waals surface area (Å²) >= 11 is 0. The van der Waals surface area contributed by atoms with Crippen molar-refractivity contribution in [2.45, 2.75) is 12.8 Å². The zero-order chi connectivity index (χ0) is 8.10. The van der Waals surface area contributed by atoms with Crippen LogP contribution < -0.4 is 0 Å². The number of carbonyl (C=O) groups is 1. The molecule has 0 aliphatic rings. The number of aldehydes is 1. The average Bonchev–Trinajstić information content (AvgIpc) is 2.01. The van der Waals surface area contributed by atoms with E-state index in [9.17, 15) is 4.79 Å². The average molecular weight is 150 g/mol. The second-order valence-corrected chi connectivity index (χ2v) is 2.38. The van der Waals surface area contributed by atoms with Gasteiger partial charge in [0.1, 0.15) is 12.0 Å². The van der Waals surface area contributed by atoms with Crippen LogP contribution in [0, 0.1) is 0 Å². The van der Waals surface area contributed by atoms with Gasteiger partial charge in [0.2, 0.25) is 0 Å². The third-order valence-corrected chi connectivity index (χ3v) is 1.46. The normalized spacial score (nSPS) is 9.45. The second kappa shape index (κ2) is 3.76. The summed E-state index contributed by atoms with van der Waals surface area (Å²) in [5, 5.41) is 9.02. The molecule has 0 unspecified atom stereocenters. The van der Waals surface area contributed by atoms with Crippen LogP contribution in [-0.4, -0.2) is 11.4 Å². The van der Waals surface area contributed by atoms with Crippen molar-refractivity contribution in [3.05, 3.63) is 29.8 Å². The van der Waals surface area contributed by atoms with Crippen molar-refractivity contribution in [3.8, 4) is 5.75 Å². The predicted octanol–water partition coefficient (Wildman–Crippen LogP) is 1.52. The van der Waals surface area contributed by atoms with Crippen LogP contribution in [0.4, 0.5) is 0 Å². The monoisotopic (exact) mass is 150 g/mol. The first kappa shape index (κ1) is 7.79. The van der Waals surface area contributed by atoms with Gasteiger partial charge in [0.15, 0.2) is 0 Å². The van der Waals surface area contributed by atoms with Gasteiger partial charge >= 0.3 is 0 Å². The molecule has 2 heteroatoms. The summed E-state index contributed by atoms with van der Waals surface area (Å²) in [6.45, 7) is 0. The van der Waals surface area contributed by atoms with E-state index >= 15 is 0 Å². The minimum Gasteiger partial charge on any atom is -0.508 e. The lowest BCUT2D eigenvalue weighted by molar-refractivity contribution is -0.107. The fraction of sp³-hybridized carbons (Fsp3) is 0.222. The summed E-state index contributed by atoms with van der Waals surface area (Å²) in [5.74, 6) is 0.258. The molecule has 0 atom stereocenters. The Bertz CT molecular complexity index is 243. The molecule has 1 aromatic carbocycles. The Morgan fingerprint density at radius 2 is 2.27 bits per heavy atom. The number of phenolic OH excluding ortho intramolecular Hbond substituents is 1. The largest absolute Gasteiger partial charge is 0.508 e. The molecule has 2 nitrogen and oxygen atoms in total. The van der Waals surface area contributed by atoms with E-state index in [0.29, 0.717) is 12.8 Å². The quantitative estimate of drug-likeness (QED) is 0.663. The van der Waals surface area contributed by atoms with Crippen LogP contribution >= 0.6 is 0 Å². The minimum atomic E-state index is 0.258. The van der Waals surface area contributed by atoms with E-state index in [-0.39, 0.29) is 5.75 Å². The van der Waals surface area contributed by atoms with Gasteiger partial charge in [-0.05, 0) is 24.1 Å². The van der Waals surface area contributed by atoms with E-state index in [0.717, 1.165) is 11.8 Å². The minimum absolute atomic E-state index is 0.258. The van der Waals surface area contributed by atoms with E-state index in [1.165, 1.54) is 0 Å². The maximum Gasteiger partial charge on any atom is 0.120 e. The van der Waals surface area contributed by atoms with E-state index in [1.54, 1.807) is 18.2 Å². The van der Waals surface area contributed by atoms with Crippen LogP contribution in [0.25, 0.3) is 0 Å². The van der Waals surface area contributed by atoms with Crippen molar-refractivity contribution in [2.75, 3.05) is 0 Å². The summed E-state index contributed by atoms with van der Waals surface area (Å²) in [6.07, 6.45) is 2.10. The molecule has 11 heavy (non-hydrogen) atoms. The number of hydrogen-bond acceptors (Lipinski definition) is 2. The molecule has 0 radical (unpaired) electrons. The first-order valence-electron chi connectivity index (χ1n) is 3.54. The summed E-state index contributed by atoms with van der Waals surface area (Å²) in [4.78, 5) is 10.0. The molecule has 0 spiro atoms. The predicted molar refractivity (Wildman–Crippen MR) is 42.5 cm³/mol. The SMILES string of the molecule is O=CCCc1cccc(O)c1. The van der Waals surface area contributed by atoms with Gasteiger partial charge in [0, 0.05) is 6.42 Å². The Balaban J connectivity index is 2.63. The van der Waals surface area contributed by atoms with Gasteiger partial charge in [-0.2, -0.15) is 0 Å². The third kappa shape index (κ3) is 2.42. The van der Waals surface area contributed by atoms with Crippen molar-refractivity contribution in [1.29, 1.82) is 0 Å². The summed E-state index contributed by atoms with van der Waals surface area (Å²) in [6, 6.07) is 6.95. The van der Waals surface area contributed by atoms with E-state index in [2.05, 4.69) is 0 Å². The Kier molecular flexibility index (Phi) is 2.66. The van der Waals surface area contributed by atoms with E-state index < -0.39 is 0 Å². The fourth-order valence-electron chi connectivity index (χ4n) is 0.938. The van der Waals surface area contributed by atoms with Crippen LogP contribution in [0.5, 0.6) is 5.75 Å². The standard InChI is InChI=1S/C9H10O2/c10-6-2-4-8-3-1-5-9(11)7-8/h1,3,5-7,11H,2,4H2. The van der Waals surface area contributed by atoms with Crippen molar-refractivity contribution < 1.29 is 9.90 Å². The van der Waals surface area contributed by atoms with Gasteiger partial charge < -0.3 is 9.90 Å². The van der Waals surface area contributed by atoms with Crippen molar-refractivity contribution in [3.63, 3.8) is 0 Å². The molecular weight excluding hydrogens is 140 g/mol. The highest BCUT2D eigenvalue weighted by Gasteiger charge is 1.92. The smallest absolute Gasteiger partial charge is 0.120 e. The number of phenols is 1. The van der Waals surface area contributed by atoms with Gasteiger partial charge in [-0.25, -0.2) is 0 Å². The Morgan fingerprint density at radius 1 is 1.45 bits per heavy atom. The topological polar surface area (TPSA) is 37.3 Å². The molecule has 1 rings (SSSR count). The molecule has 0 amide bonds. The number of aryl methyl sites for hydroxylation is 1. The maximum atomic E-state index is 10.0. The summed E-state index contributed by atoms with van der Waals surface area (Å²) in [5.41, 5.74) is 0.997. The molecule has 0 saturated heterocycles. The van der Waals surface area contributed by atoms with Crippen LogP contribution in [0.15, 0.2) is 24.3 Å². The fourth-order valence-corrected chi connectivity index (χ4v) is 0.938. The Labute approximate surface area is 65.5 Å². The van der Waals surface area contributed by atoms with E-state index in [1.807, 2.05) is 6.07 Å². The first-order valence-corrected chi connectivity index (χ1v) is 3.54. The highest BCUT2D eigenvalue weighted by Crippen LogP contribution is 2.11. The molecule has 0 heterocycles. The Hall–Kier alpha value is -1.31.